The summed E-state index contributed by atoms with van der Waals surface area (Å²) in [6.45, 7) is 6.72. The van der Waals surface area contributed by atoms with Crippen LogP contribution in [0.15, 0.2) is 48.5 Å². The average Bonchev–Trinajstić information content (AvgIpc) is 3.39. The highest BCUT2D eigenvalue weighted by Crippen LogP contribution is 2.55. The molecule has 8 nitrogen and oxygen atoms in total. The van der Waals surface area contributed by atoms with Gasteiger partial charge in [-0.25, -0.2) is 0 Å². The number of hydrogen-bond donors (Lipinski definition) is 0. The van der Waals surface area contributed by atoms with Gasteiger partial charge in [-0.15, -0.1) is 11.8 Å². The molecule has 9 heteroatoms. The number of thioether (sulfide) groups is 1. The summed E-state index contributed by atoms with van der Waals surface area (Å²) in [4.78, 5) is 44.2. The number of carbonyl (C=O) groups excluding carboxylic acids is 3. The monoisotopic (exact) mass is 523 g/mol. The maximum Gasteiger partial charge on any atom is 0.309 e. The number of para-hydroxylation sites is 1. The highest BCUT2D eigenvalue weighted by molar-refractivity contribution is 8.02. The Morgan fingerprint density at radius 2 is 1.78 bits per heavy atom. The van der Waals surface area contributed by atoms with Crippen molar-refractivity contribution in [1.82, 2.24) is 4.90 Å². The van der Waals surface area contributed by atoms with Gasteiger partial charge in [-0.05, 0) is 56.5 Å². The lowest BCUT2D eigenvalue weighted by Gasteiger charge is -2.36. The Bertz CT molecular complexity index is 1160. The molecule has 3 heterocycles. The zero-order valence-electron chi connectivity index (χ0n) is 21.4. The van der Waals surface area contributed by atoms with E-state index >= 15 is 0 Å². The van der Waals surface area contributed by atoms with E-state index in [1.54, 1.807) is 9.80 Å². The Morgan fingerprint density at radius 3 is 2.49 bits per heavy atom. The Morgan fingerprint density at radius 1 is 1.05 bits per heavy atom. The summed E-state index contributed by atoms with van der Waals surface area (Å²) < 4.78 is 10.9. The third-order valence-corrected chi connectivity index (χ3v) is 8.57. The summed E-state index contributed by atoms with van der Waals surface area (Å²) in [5, 5.41) is 0. The smallest absolute Gasteiger partial charge is 0.309 e. The molecule has 0 radical (unpaired) electrons. The minimum atomic E-state index is -1.14. The van der Waals surface area contributed by atoms with Crippen LogP contribution in [0.25, 0.3) is 0 Å². The molecule has 0 aromatic heterocycles. The van der Waals surface area contributed by atoms with Crippen molar-refractivity contribution in [1.29, 1.82) is 0 Å². The fourth-order valence-corrected chi connectivity index (χ4v) is 6.74. The number of nitrogens with zero attached hydrogens (tertiary/aromatic N) is 3. The van der Waals surface area contributed by atoms with Crippen LogP contribution in [0.5, 0.6) is 5.75 Å². The van der Waals surface area contributed by atoms with E-state index < -0.39 is 4.87 Å². The van der Waals surface area contributed by atoms with Crippen molar-refractivity contribution in [2.75, 3.05) is 48.5 Å². The highest BCUT2D eigenvalue weighted by atomic mass is 32.2. The first-order valence-corrected chi connectivity index (χ1v) is 14.0. The molecule has 2 saturated heterocycles. The van der Waals surface area contributed by atoms with Gasteiger partial charge in [-0.1, -0.05) is 25.1 Å². The molecule has 2 aromatic carbocycles. The zero-order chi connectivity index (χ0) is 26.0. The van der Waals surface area contributed by atoms with Crippen LogP contribution in [0.4, 0.5) is 11.4 Å². The topological polar surface area (TPSA) is 79.4 Å². The minimum Gasteiger partial charge on any atom is -0.494 e. The van der Waals surface area contributed by atoms with Gasteiger partial charge in [0.25, 0.3) is 5.91 Å². The van der Waals surface area contributed by atoms with Crippen molar-refractivity contribution in [2.45, 2.75) is 38.0 Å². The van der Waals surface area contributed by atoms with Crippen LogP contribution < -0.4 is 14.5 Å². The summed E-state index contributed by atoms with van der Waals surface area (Å²) >= 11 is 1.38. The van der Waals surface area contributed by atoms with E-state index in [0.717, 1.165) is 23.4 Å². The number of rotatable bonds is 8. The van der Waals surface area contributed by atoms with E-state index in [1.165, 1.54) is 11.8 Å². The number of likely N-dealkylation sites (tertiary alicyclic amines) is 1. The molecule has 2 aromatic rings. The summed E-state index contributed by atoms with van der Waals surface area (Å²) in [6.07, 6.45) is 2.33. The van der Waals surface area contributed by atoms with Crippen LogP contribution in [-0.2, 0) is 24.0 Å². The van der Waals surface area contributed by atoms with Crippen LogP contribution in [0.2, 0.25) is 0 Å². The first kappa shape index (κ1) is 25.6. The third kappa shape index (κ3) is 4.59. The van der Waals surface area contributed by atoms with E-state index in [0.29, 0.717) is 51.5 Å². The molecule has 1 spiro atoms. The van der Waals surface area contributed by atoms with Gasteiger partial charge in [0.15, 0.2) is 0 Å². The number of fused-ring (bicyclic) bond motifs is 2. The number of benzene rings is 2. The fraction of sp³-hybridized carbons (Fsp3) is 0.464. The highest BCUT2D eigenvalue weighted by Gasteiger charge is 2.61. The standard InChI is InChI=1S/C28H33N3O5S/c1-3-17-36-22-11-9-21(10-12-22)31-25(32)18-37-28(31)23-7-5-6-8-24(23)30(27(28)34)19-29-15-13-20(14-16-29)26(33)35-4-2/h5-12,20H,3-4,13-19H2,1-2H3. The summed E-state index contributed by atoms with van der Waals surface area (Å²) in [5.74, 6) is 0.548. The van der Waals surface area contributed by atoms with Crippen molar-refractivity contribution in [3.63, 3.8) is 0 Å². The molecule has 2 fully saturated rings. The van der Waals surface area contributed by atoms with Gasteiger partial charge in [-0.2, -0.15) is 0 Å². The predicted molar refractivity (Wildman–Crippen MR) is 144 cm³/mol. The van der Waals surface area contributed by atoms with Gasteiger partial charge >= 0.3 is 5.97 Å². The number of carbonyl (C=O) groups is 3. The predicted octanol–water partition coefficient (Wildman–Crippen LogP) is 3.99. The first-order chi connectivity index (χ1) is 18.0. The normalized spacial score (nSPS) is 22.1. The van der Waals surface area contributed by atoms with E-state index in [-0.39, 0.29) is 29.5 Å². The van der Waals surface area contributed by atoms with Crippen LogP contribution in [0.3, 0.4) is 0 Å². The Kier molecular flexibility index (Phi) is 7.44. The lowest BCUT2D eigenvalue weighted by molar-refractivity contribution is -0.149. The molecule has 2 amide bonds. The zero-order valence-corrected chi connectivity index (χ0v) is 22.2. The maximum absolute atomic E-state index is 14.2. The van der Waals surface area contributed by atoms with Gasteiger partial charge < -0.3 is 9.47 Å². The molecule has 3 aliphatic rings. The van der Waals surface area contributed by atoms with Crippen LogP contribution in [0.1, 0.15) is 38.7 Å². The fourth-order valence-electron chi connectivity index (χ4n) is 5.38. The molecule has 0 aliphatic carbocycles. The van der Waals surface area contributed by atoms with Crippen molar-refractivity contribution in [3.8, 4) is 5.75 Å². The molecule has 0 N–H and O–H groups in total. The molecular weight excluding hydrogens is 490 g/mol. The van der Waals surface area contributed by atoms with Crippen LogP contribution >= 0.6 is 11.8 Å². The number of amides is 2. The molecule has 5 rings (SSSR count). The average molecular weight is 524 g/mol. The Labute approximate surface area is 221 Å². The van der Waals surface area contributed by atoms with E-state index in [4.69, 9.17) is 9.47 Å². The lowest BCUT2D eigenvalue weighted by Crippen LogP contribution is -2.52. The third-order valence-electron chi connectivity index (χ3n) is 7.18. The summed E-state index contributed by atoms with van der Waals surface area (Å²) in [5.41, 5.74) is 2.35. The summed E-state index contributed by atoms with van der Waals surface area (Å²) in [6, 6.07) is 15.2. The largest absolute Gasteiger partial charge is 0.494 e. The van der Waals surface area contributed by atoms with Crippen molar-refractivity contribution in [3.05, 3.63) is 54.1 Å². The SMILES string of the molecule is CCCOc1ccc(N2C(=O)CSC23C(=O)N(CN2CCC(C(=O)OCC)CC2)c2ccccc23)cc1. The molecule has 196 valence electrons. The number of esters is 1. The Balaban J connectivity index is 1.40. The van der Waals surface area contributed by atoms with Crippen molar-refractivity contribution < 1.29 is 23.9 Å². The van der Waals surface area contributed by atoms with E-state index in [2.05, 4.69) is 11.8 Å². The van der Waals surface area contributed by atoms with Gasteiger partial charge in [0.05, 0.1) is 37.2 Å². The van der Waals surface area contributed by atoms with Gasteiger partial charge in [0.2, 0.25) is 10.8 Å². The maximum atomic E-state index is 14.2. The lowest BCUT2D eigenvalue weighted by atomic mass is 9.97. The molecule has 37 heavy (non-hydrogen) atoms. The second-order valence-corrected chi connectivity index (χ2v) is 10.7. The first-order valence-electron chi connectivity index (χ1n) is 13.0. The molecule has 1 unspecified atom stereocenters. The van der Waals surface area contributed by atoms with E-state index in [9.17, 15) is 14.4 Å². The van der Waals surface area contributed by atoms with Gasteiger partial charge in [-0.3, -0.25) is 29.1 Å². The van der Waals surface area contributed by atoms with Gasteiger partial charge in [0, 0.05) is 24.3 Å². The van der Waals surface area contributed by atoms with Crippen molar-refractivity contribution in [2.24, 2.45) is 5.92 Å². The second kappa shape index (κ2) is 10.8. The quantitative estimate of drug-likeness (QED) is 0.484. The number of ether oxygens (including phenoxy) is 2. The second-order valence-electron chi connectivity index (χ2n) is 9.54. The molecular formula is C28H33N3O5S. The molecule has 1 atom stereocenters. The molecule has 0 bridgehead atoms. The Hall–Kier alpha value is -3.04. The molecule has 0 saturated carbocycles. The number of piperidine rings is 1. The van der Waals surface area contributed by atoms with Gasteiger partial charge in [0.1, 0.15) is 5.75 Å². The summed E-state index contributed by atoms with van der Waals surface area (Å²) in [7, 11) is 0. The minimum absolute atomic E-state index is 0.0903. The number of hydrogen-bond acceptors (Lipinski definition) is 7. The van der Waals surface area contributed by atoms with Crippen LogP contribution in [-0.4, -0.2) is 61.4 Å². The van der Waals surface area contributed by atoms with Crippen molar-refractivity contribution >= 4 is 40.9 Å². The number of anilines is 2. The van der Waals surface area contributed by atoms with E-state index in [1.807, 2.05) is 55.5 Å². The molecule has 3 aliphatic heterocycles. The van der Waals surface area contributed by atoms with Crippen LogP contribution in [0, 0.1) is 5.92 Å².